The second-order valence-corrected chi connectivity index (χ2v) is 6.77. The number of hydrogen-bond acceptors (Lipinski definition) is 4. The summed E-state index contributed by atoms with van der Waals surface area (Å²) in [6.07, 6.45) is 0. The maximum absolute atomic E-state index is 13.0. The van der Waals surface area contributed by atoms with E-state index in [-0.39, 0.29) is 11.8 Å². The van der Waals surface area contributed by atoms with Crippen LogP contribution in [0.15, 0.2) is 88.8 Å². The molecule has 29 heavy (non-hydrogen) atoms. The topological polar surface area (TPSA) is 63.0 Å². The summed E-state index contributed by atoms with van der Waals surface area (Å²) in [6, 6.07) is 24.7. The summed E-state index contributed by atoms with van der Waals surface area (Å²) in [5, 5.41) is 3.02. The standard InChI is InChI=1S/C24H21N3O2/c1-16-22(17-9-4-3-5-10-17)23(26-21-14-7-6-13-20(21)25-16)27-24(28)18-11-8-12-19(15-18)29-2/h3-15,22H,1-2H3,(H,26,27,28)/t22-/m1/s1. The van der Waals surface area contributed by atoms with Crippen LogP contribution >= 0.6 is 0 Å². The third kappa shape index (κ3) is 3.94. The molecule has 0 fully saturated rings. The van der Waals surface area contributed by atoms with Gasteiger partial charge in [-0.2, -0.15) is 0 Å². The van der Waals surface area contributed by atoms with Crippen molar-refractivity contribution in [1.29, 1.82) is 0 Å². The first-order valence-electron chi connectivity index (χ1n) is 9.39. The number of fused-ring (bicyclic) bond motifs is 1. The number of methoxy groups -OCH3 is 1. The summed E-state index contributed by atoms with van der Waals surface area (Å²) in [4.78, 5) is 22.6. The van der Waals surface area contributed by atoms with Crippen molar-refractivity contribution in [1.82, 2.24) is 5.32 Å². The van der Waals surface area contributed by atoms with Crippen LogP contribution in [0.4, 0.5) is 11.4 Å². The third-order valence-electron chi connectivity index (χ3n) is 4.82. The van der Waals surface area contributed by atoms with E-state index >= 15 is 0 Å². The molecular formula is C24H21N3O2. The second-order valence-electron chi connectivity index (χ2n) is 6.77. The number of amides is 1. The molecule has 1 aliphatic rings. The van der Waals surface area contributed by atoms with Crippen molar-refractivity contribution in [2.75, 3.05) is 7.11 Å². The van der Waals surface area contributed by atoms with Crippen LogP contribution in [0.3, 0.4) is 0 Å². The van der Waals surface area contributed by atoms with Crippen molar-refractivity contribution < 1.29 is 9.53 Å². The van der Waals surface area contributed by atoms with Crippen LogP contribution in [0.2, 0.25) is 0 Å². The highest BCUT2D eigenvalue weighted by Crippen LogP contribution is 2.34. The number of carbonyl (C=O) groups is 1. The Hall–Kier alpha value is -3.73. The Morgan fingerprint density at radius 1 is 0.897 bits per heavy atom. The maximum atomic E-state index is 13.0. The predicted molar refractivity (Wildman–Crippen MR) is 116 cm³/mol. The van der Waals surface area contributed by atoms with E-state index in [1.54, 1.807) is 31.4 Å². The Kier molecular flexibility index (Phi) is 5.20. The molecule has 4 rings (SSSR count). The van der Waals surface area contributed by atoms with E-state index in [1.165, 1.54) is 0 Å². The van der Waals surface area contributed by atoms with Gasteiger partial charge in [-0.15, -0.1) is 0 Å². The highest BCUT2D eigenvalue weighted by atomic mass is 16.5. The zero-order valence-corrected chi connectivity index (χ0v) is 16.3. The Morgan fingerprint density at radius 2 is 1.59 bits per heavy atom. The average molecular weight is 383 g/mol. The molecule has 0 spiro atoms. The first-order chi connectivity index (χ1) is 14.2. The molecule has 3 aromatic carbocycles. The van der Waals surface area contributed by atoms with E-state index < -0.39 is 0 Å². The molecule has 0 unspecified atom stereocenters. The fourth-order valence-electron chi connectivity index (χ4n) is 3.40. The van der Waals surface area contributed by atoms with Gasteiger partial charge in [-0.1, -0.05) is 48.5 Å². The first-order valence-corrected chi connectivity index (χ1v) is 9.39. The van der Waals surface area contributed by atoms with Crippen LogP contribution in [0.1, 0.15) is 28.8 Å². The summed E-state index contributed by atoms with van der Waals surface area (Å²) in [7, 11) is 1.58. The van der Waals surface area contributed by atoms with Gasteiger partial charge in [-0.3, -0.25) is 9.79 Å². The normalized spacial score (nSPS) is 15.4. The second kappa shape index (κ2) is 8.10. The molecule has 5 heteroatoms. The smallest absolute Gasteiger partial charge is 0.256 e. The fourth-order valence-corrected chi connectivity index (χ4v) is 3.40. The lowest BCUT2D eigenvalue weighted by atomic mass is 9.93. The monoisotopic (exact) mass is 383 g/mol. The number of amidine groups is 1. The number of hydrogen-bond donors (Lipinski definition) is 1. The van der Waals surface area contributed by atoms with Crippen molar-refractivity contribution in [2.45, 2.75) is 12.8 Å². The zero-order chi connectivity index (χ0) is 20.2. The van der Waals surface area contributed by atoms with Gasteiger partial charge in [-0.05, 0) is 42.8 Å². The lowest BCUT2D eigenvalue weighted by Gasteiger charge is -2.19. The van der Waals surface area contributed by atoms with Crippen molar-refractivity contribution in [3.05, 3.63) is 90.0 Å². The zero-order valence-electron chi connectivity index (χ0n) is 16.3. The Bertz CT molecular complexity index is 1100. The molecule has 0 aliphatic carbocycles. The highest BCUT2D eigenvalue weighted by molar-refractivity contribution is 6.19. The van der Waals surface area contributed by atoms with Gasteiger partial charge in [0.2, 0.25) is 0 Å². The molecule has 144 valence electrons. The summed E-state index contributed by atoms with van der Waals surface area (Å²) < 4.78 is 5.24. The van der Waals surface area contributed by atoms with Crippen molar-refractivity contribution in [3.63, 3.8) is 0 Å². The van der Waals surface area contributed by atoms with Crippen LogP contribution in [-0.4, -0.2) is 24.6 Å². The molecule has 1 N–H and O–H groups in total. The molecule has 3 aromatic rings. The van der Waals surface area contributed by atoms with Crippen LogP contribution in [0.25, 0.3) is 0 Å². The van der Waals surface area contributed by atoms with Crippen molar-refractivity contribution in [3.8, 4) is 5.75 Å². The highest BCUT2D eigenvalue weighted by Gasteiger charge is 2.26. The van der Waals surface area contributed by atoms with E-state index in [1.807, 2.05) is 61.5 Å². The third-order valence-corrected chi connectivity index (χ3v) is 4.82. The van der Waals surface area contributed by atoms with E-state index in [4.69, 9.17) is 14.7 Å². The van der Waals surface area contributed by atoms with Gasteiger partial charge in [0.15, 0.2) is 0 Å². The van der Waals surface area contributed by atoms with E-state index in [9.17, 15) is 4.79 Å². The maximum Gasteiger partial charge on any atom is 0.256 e. The minimum absolute atomic E-state index is 0.240. The summed E-state index contributed by atoms with van der Waals surface area (Å²) in [5.41, 5.74) is 3.91. The van der Waals surface area contributed by atoms with Gasteiger partial charge in [0, 0.05) is 11.3 Å². The Balaban J connectivity index is 1.77. The number of ether oxygens (including phenoxy) is 1. The Labute approximate surface area is 169 Å². The van der Waals surface area contributed by atoms with Gasteiger partial charge < -0.3 is 10.1 Å². The average Bonchev–Trinajstić information content (AvgIpc) is 2.89. The van der Waals surface area contributed by atoms with Gasteiger partial charge in [-0.25, -0.2) is 4.99 Å². The molecule has 5 nitrogen and oxygen atoms in total. The first kappa shape index (κ1) is 18.6. The minimum atomic E-state index is -0.252. The minimum Gasteiger partial charge on any atom is -0.497 e. The van der Waals surface area contributed by atoms with Crippen molar-refractivity contribution >= 4 is 28.8 Å². The van der Waals surface area contributed by atoms with E-state index in [0.29, 0.717) is 17.1 Å². The lowest BCUT2D eigenvalue weighted by Crippen LogP contribution is -2.37. The van der Waals surface area contributed by atoms with Crippen LogP contribution < -0.4 is 10.1 Å². The molecule has 1 atom stereocenters. The summed E-state index contributed by atoms with van der Waals surface area (Å²) in [6.45, 7) is 1.97. The molecule has 1 amide bonds. The van der Waals surface area contributed by atoms with Crippen LogP contribution in [0, 0.1) is 0 Å². The molecule has 1 heterocycles. The largest absolute Gasteiger partial charge is 0.497 e. The predicted octanol–water partition coefficient (Wildman–Crippen LogP) is 5.05. The molecule has 0 saturated carbocycles. The number of nitrogens with one attached hydrogen (secondary N) is 1. The number of para-hydroxylation sites is 2. The molecule has 0 bridgehead atoms. The summed E-state index contributed by atoms with van der Waals surface area (Å²) >= 11 is 0. The van der Waals surface area contributed by atoms with E-state index in [2.05, 4.69) is 5.32 Å². The summed E-state index contributed by atoms with van der Waals surface area (Å²) in [5.74, 6) is 0.687. The van der Waals surface area contributed by atoms with Crippen LogP contribution in [-0.2, 0) is 0 Å². The number of rotatable bonds is 3. The molecular weight excluding hydrogens is 362 g/mol. The molecule has 0 aromatic heterocycles. The van der Waals surface area contributed by atoms with Crippen LogP contribution in [0.5, 0.6) is 5.75 Å². The van der Waals surface area contributed by atoms with Crippen molar-refractivity contribution in [2.24, 2.45) is 9.98 Å². The molecule has 1 aliphatic heterocycles. The SMILES string of the molecule is COc1cccc(C(=O)NC2=Nc3ccccc3N=C(C)[C@@H]2c2ccccc2)c1. The fraction of sp³-hybridized carbons (Fsp3) is 0.125. The lowest BCUT2D eigenvalue weighted by molar-refractivity contribution is 0.0976. The quantitative estimate of drug-likeness (QED) is 0.688. The number of benzene rings is 3. The van der Waals surface area contributed by atoms with E-state index in [0.717, 1.165) is 22.6 Å². The molecule has 0 saturated heterocycles. The Morgan fingerprint density at radius 3 is 2.31 bits per heavy atom. The molecule has 0 radical (unpaired) electrons. The van der Waals surface area contributed by atoms with Gasteiger partial charge in [0.1, 0.15) is 11.6 Å². The van der Waals surface area contributed by atoms with Gasteiger partial charge in [0.05, 0.1) is 24.4 Å². The number of carbonyl (C=O) groups excluding carboxylic acids is 1. The number of aliphatic imine (C=N–C) groups is 2. The number of nitrogens with zero attached hydrogens (tertiary/aromatic N) is 2. The van der Waals surface area contributed by atoms with Gasteiger partial charge >= 0.3 is 0 Å². The van der Waals surface area contributed by atoms with Gasteiger partial charge in [0.25, 0.3) is 5.91 Å².